The maximum atomic E-state index is 12.1. The number of nitrogens with one attached hydrogen (secondary N) is 1. The van der Waals surface area contributed by atoms with Crippen LogP contribution in [0.25, 0.3) is 0 Å². The van der Waals surface area contributed by atoms with Crippen molar-refractivity contribution in [2.75, 3.05) is 19.6 Å². The van der Waals surface area contributed by atoms with Crippen molar-refractivity contribution in [1.29, 1.82) is 0 Å². The Bertz CT molecular complexity index is 313. The minimum atomic E-state index is -0.511. The van der Waals surface area contributed by atoms with E-state index in [1.165, 1.54) is 0 Å². The van der Waals surface area contributed by atoms with Crippen molar-refractivity contribution in [3.05, 3.63) is 0 Å². The number of nitrogens with two attached hydrogens (primary N) is 1. The normalized spacial score (nSPS) is 20.7. The first-order chi connectivity index (χ1) is 8.42. The van der Waals surface area contributed by atoms with Crippen molar-refractivity contribution >= 4 is 11.8 Å². The molecule has 1 fully saturated rings. The monoisotopic (exact) mass is 255 g/mol. The largest absolute Gasteiger partial charge is 0.351 e. The van der Waals surface area contributed by atoms with Gasteiger partial charge in [-0.1, -0.05) is 6.92 Å². The molecule has 1 saturated heterocycles. The van der Waals surface area contributed by atoms with Crippen molar-refractivity contribution in [1.82, 2.24) is 10.2 Å². The fraction of sp³-hybridized carbons (Fsp3) is 0.846. The molecule has 18 heavy (non-hydrogen) atoms. The predicted octanol–water partition coefficient (Wildman–Crippen LogP) is 0.489. The highest BCUT2D eigenvalue weighted by Gasteiger charge is 2.31. The molecule has 1 aliphatic heterocycles. The Hall–Kier alpha value is -1.10. The van der Waals surface area contributed by atoms with Gasteiger partial charge in [-0.15, -0.1) is 0 Å². The molecular formula is C13H25N3O2. The van der Waals surface area contributed by atoms with Gasteiger partial charge in [0.2, 0.25) is 11.8 Å². The molecule has 2 unspecified atom stereocenters. The highest BCUT2D eigenvalue weighted by Crippen LogP contribution is 2.19. The van der Waals surface area contributed by atoms with E-state index in [1.807, 2.05) is 25.7 Å². The molecule has 2 atom stereocenters. The molecule has 0 aliphatic carbocycles. The van der Waals surface area contributed by atoms with Crippen molar-refractivity contribution < 1.29 is 9.59 Å². The van der Waals surface area contributed by atoms with Crippen LogP contribution >= 0.6 is 0 Å². The lowest BCUT2D eigenvalue weighted by Crippen LogP contribution is -2.49. The van der Waals surface area contributed by atoms with Crippen LogP contribution in [-0.2, 0) is 9.59 Å². The molecule has 0 aromatic heterocycles. The maximum Gasteiger partial charge on any atom is 0.227 e. The average molecular weight is 255 g/mol. The van der Waals surface area contributed by atoms with Crippen molar-refractivity contribution in [3.63, 3.8) is 0 Å². The number of amides is 2. The Labute approximate surface area is 109 Å². The van der Waals surface area contributed by atoms with E-state index >= 15 is 0 Å². The number of carbonyl (C=O) groups is 2. The van der Waals surface area contributed by atoms with E-state index in [0.717, 1.165) is 13.0 Å². The fourth-order valence-electron chi connectivity index (χ4n) is 2.07. The smallest absolute Gasteiger partial charge is 0.227 e. The van der Waals surface area contributed by atoms with E-state index in [1.54, 1.807) is 0 Å². The maximum absolute atomic E-state index is 12.1. The van der Waals surface area contributed by atoms with Gasteiger partial charge in [0.1, 0.15) is 0 Å². The molecule has 0 aromatic rings. The van der Waals surface area contributed by atoms with Gasteiger partial charge >= 0.3 is 0 Å². The van der Waals surface area contributed by atoms with Crippen LogP contribution in [0.15, 0.2) is 0 Å². The Balaban J connectivity index is 2.46. The first kappa shape index (κ1) is 15.0. The number of carbonyl (C=O) groups excluding carboxylic acids is 2. The second-order valence-corrected chi connectivity index (χ2v) is 5.44. The molecule has 1 rings (SSSR count). The molecule has 1 heterocycles. The lowest BCUT2D eigenvalue weighted by atomic mass is 9.86. The van der Waals surface area contributed by atoms with E-state index in [9.17, 15) is 9.59 Å². The molecule has 0 radical (unpaired) electrons. The third-order valence-electron chi connectivity index (χ3n) is 3.82. The van der Waals surface area contributed by atoms with Crippen LogP contribution in [0.5, 0.6) is 0 Å². The Morgan fingerprint density at radius 3 is 2.72 bits per heavy atom. The van der Waals surface area contributed by atoms with Crippen molar-refractivity contribution in [2.45, 2.75) is 46.1 Å². The quantitative estimate of drug-likeness (QED) is 0.725. The van der Waals surface area contributed by atoms with Crippen LogP contribution in [0.1, 0.15) is 40.0 Å². The summed E-state index contributed by atoms with van der Waals surface area (Å²) >= 11 is 0. The molecule has 5 heteroatoms. The highest BCUT2D eigenvalue weighted by molar-refractivity contribution is 5.83. The zero-order chi connectivity index (χ0) is 13.8. The van der Waals surface area contributed by atoms with E-state index in [2.05, 4.69) is 5.32 Å². The summed E-state index contributed by atoms with van der Waals surface area (Å²) < 4.78 is 0. The second-order valence-electron chi connectivity index (χ2n) is 5.44. The molecule has 0 bridgehead atoms. The van der Waals surface area contributed by atoms with Crippen LogP contribution in [0.4, 0.5) is 0 Å². The molecule has 5 nitrogen and oxygen atoms in total. The first-order valence-corrected chi connectivity index (χ1v) is 6.71. The predicted molar refractivity (Wildman–Crippen MR) is 70.9 cm³/mol. The van der Waals surface area contributed by atoms with Gasteiger partial charge in [0, 0.05) is 32.1 Å². The van der Waals surface area contributed by atoms with Crippen molar-refractivity contribution in [2.24, 2.45) is 11.1 Å². The van der Waals surface area contributed by atoms with Gasteiger partial charge in [0.15, 0.2) is 0 Å². The summed E-state index contributed by atoms with van der Waals surface area (Å²) in [6, 6.07) is -0.0306. The van der Waals surface area contributed by atoms with E-state index in [0.29, 0.717) is 25.9 Å². The Morgan fingerprint density at radius 2 is 2.28 bits per heavy atom. The van der Waals surface area contributed by atoms with E-state index < -0.39 is 5.41 Å². The minimum absolute atomic E-state index is 0.0216. The lowest BCUT2D eigenvalue weighted by molar-refractivity contribution is -0.132. The van der Waals surface area contributed by atoms with Gasteiger partial charge in [-0.3, -0.25) is 9.59 Å². The van der Waals surface area contributed by atoms with Crippen LogP contribution in [0, 0.1) is 5.41 Å². The average Bonchev–Trinajstić information content (AvgIpc) is 2.73. The zero-order valence-electron chi connectivity index (χ0n) is 11.7. The number of rotatable bonds is 6. The SMILES string of the molecule is CCC(C)(CN)C(=O)NC(C)CN1CCCC1=O. The van der Waals surface area contributed by atoms with Gasteiger partial charge < -0.3 is 16.0 Å². The Morgan fingerprint density at radius 1 is 1.61 bits per heavy atom. The first-order valence-electron chi connectivity index (χ1n) is 6.71. The van der Waals surface area contributed by atoms with Gasteiger partial charge in [0.25, 0.3) is 0 Å². The zero-order valence-corrected chi connectivity index (χ0v) is 11.7. The number of likely N-dealkylation sites (tertiary alicyclic amines) is 1. The van der Waals surface area contributed by atoms with Crippen LogP contribution < -0.4 is 11.1 Å². The van der Waals surface area contributed by atoms with Gasteiger partial charge in [-0.25, -0.2) is 0 Å². The third kappa shape index (κ3) is 3.45. The molecular weight excluding hydrogens is 230 g/mol. The molecule has 2 amide bonds. The van der Waals surface area contributed by atoms with E-state index in [4.69, 9.17) is 5.73 Å². The van der Waals surface area contributed by atoms with Crippen LogP contribution in [0.3, 0.4) is 0 Å². The third-order valence-corrected chi connectivity index (χ3v) is 3.82. The summed E-state index contributed by atoms with van der Waals surface area (Å²) in [7, 11) is 0. The Kier molecular flexibility index (Phi) is 5.14. The van der Waals surface area contributed by atoms with Gasteiger partial charge in [0.05, 0.1) is 5.41 Å². The standard InChI is InChI=1S/C13H25N3O2/c1-4-13(3,9-14)12(18)15-10(2)8-16-7-5-6-11(16)17/h10H,4-9,14H2,1-3H3,(H,15,18). The van der Waals surface area contributed by atoms with Crippen LogP contribution in [0.2, 0.25) is 0 Å². The van der Waals surface area contributed by atoms with Gasteiger partial charge in [-0.2, -0.15) is 0 Å². The van der Waals surface area contributed by atoms with E-state index in [-0.39, 0.29) is 17.9 Å². The summed E-state index contributed by atoms with van der Waals surface area (Å²) in [5.41, 5.74) is 5.14. The second kappa shape index (κ2) is 6.18. The topological polar surface area (TPSA) is 75.4 Å². The molecule has 0 aromatic carbocycles. The highest BCUT2D eigenvalue weighted by atomic mass is 16.2. The summed E-state index contributed by atoms with van der Waals surface area (Å²) in [5, 5.41) is 2.96. The number of hydrogen-bond acceptors (Lipinski definition) is 3. The van der Waals surface area contributed by atoms with Crippen LogP contribution in [-0.4, -0.2) is 42.4 Å². The summed E-state index contributed by atoms with van der Waals surface area (Å²) in [6.07, 6.45) is 2.27. The summed E-state index contributed by atoms with van der Waals surface area (Å²) in [4.78, 5) is 25.4. The fourth-order valence-corrected chi connectivity index (χ4v) is 2.07. The molecule has 104 valence electrons. The minimum Gasteiger partial charge on any atom is -0.351 e. The number of nitrogens with zero attached hydrogens (tertiary/aromatic N) is 1. The summed E-state index contributed by atoms with van der Waals surface area (Å²) in [6.45, 7) is 7.49. The molecule has 1 aliphatic rings. The molecule has 0 saturated carbocycles. The summed E-state index contributed by atoms with van der Waals surface area (Å²) in [5.74, 6) is 0.167. The van der Waals surface area contributed by atoms with Crippen molar-refractivity contribution in [3.8, 4) is 0 Å². The molecule has 3 N–H and O–H groups in total. The van der Waals surface area contributed by atoms with Gasteiger partial charge in [-0.05, 0) is 26.7 Å². The molecule has 0 spiro atoms. The number of hydrogen-bond donors (Lipinski definition) is 2. The lowest BCUT2D eigenvalue weighted by Gasteiger charge is -2.29.